The Morgan fingerprint density at radius 2 is 2.42 bits per heavy atom. The summed E-state index contributed by atoms with van der Waals surface area (Å²) in [5.41, 5.74) is 1.40. The van der Waals surface area contributed by atoms with Crippen molar-refractivity contribution >= 4 is 11.6 Å². The number of nitrogens with zero attached hydrogens (tertiary/aromatic N) is 1. The molecule has 0 spiro atoms. The van der Waals surface area contributed by atoms with Crippen molar-refractivity contribution in [2.45, 2.75) is 32.3 Å². The van der Waals surface area contributed by atoms with Crippen LogP contribution in [0, 0.1) is 0 Å². The molecule has 2 rings (SSSR count). The molecule has 1 aromatic heterocycles. The maximum absolute atomic E-state index is 12.1. The van der Waals surface area contributed by atoms with Gasteiger partial charge in [0.1, 0.15) is 0 Å². The van der Waals surface area contributed by atoms with Crippen LogP contribution in [0.25, 0.3) is 0 Å². The Bertz CT molecular complexity index is 417. The number of rotatable bonds is 5. The molecule has 104 valence electrons. The van der Waals surface area contributed by atoms with Crippen molar-refractivity contribution in [2.24, 2.45) is 0 Å². The largest absolute Gasteiger partial charge is 0.385 e. The minimum absolute atomic E-state index is 0.0989. The number of aromatic nitrogens is 1. The Hall–Kier alpha value is -1.62. The minimum atomic E-state index is -0.0989. The lowest BCUT2D eigenvalue weighted by molar-refractivity contribution is 0.0169. The van der Waals surface area contributed by atoms with Crippen molar-refractivity contribution in [2.75, 3.05) is 25.0 Å². The molecule has 1 amide bonds. The average Bonchev–Trinajstić information content (AvgIpc) is 2.47. The van der Waals surface area contributed by atoms with Gasteiger partial charge in [0.15, 0.2) is 0 Å². The van der Waals surface area contributed by atoms with Gasteiger partial charge in [-0.05, 0) is 32.3 Å². The van der Waals surface area contributed by atoms with E-state index in [-0.39, 0.29) is 12.0 Å². The molecule has 5 heteroatoms. The molecule has 5 nitrogen and oxygen atoms in total. The summed E-state index contributed by atoms with van der Waals surface area (Å²) in [5, 5.41) is 6.09. The molecule has 1 atom stereocenters. The third-order valence-corrected chi connectivity index (χ3v) is 3.20. The molecule has 1 aliphatic rings. The molecule has 2 heterocycles. The smallest absolute Gasteiger partial charge is 0.255 e. The van der Waals surface area contributed by atoms with Gasteiger partial charge in [-0.1, -0.05) is 0 Å². The van der Waals surface area contributed by atoms with Crippen molar-refractivity contribution in [3.8, 4) is 0 Å². The fourth-order valence-corrected chi connectivity index (χ4v) is 2.19. The predicted octanol–water partition coefficient (Wildman–Crippen LogP) is 1.81. The highest BCUT2D eigenvalue weighted by molar-refractivity contribution is 5.99. The van der Waals surface area contributed by atoms with Gasteiger partial charge in [0.25, 0.3) is 5.91 Å². The van der Waals surface area contributed by atoms with E-state index in [1.54, 1.807) is 12.4 Å². The summed E-state index contributed by atoms with van der Waals surface area (Å²) in [7, 11) is 0. The second kappa shape index (κ2) is 7.09. The first-order chi connectivity index (χ1) is 9.31. The van der Waals surface area contributed by atoms with Crippen molar-refractivity contribution in [1.29, 1.82) is 0 Å². The molecule has 1 unspecified atom stereocenters. The van der Waals surface area contributed by atoms with Crippen LogP contribution >= 0.6 is 0 Å². The van der Waals surface area contributed by atoms with Gasteiger partial charge in [0, 0.05) is 32.1 Å². The molecule has 1 aliphatic heterocycles. The van der Waals surface area contributed by atoms with Crippen LogP contribution in [0.1, 0.15) is 36.5 Å². The zero-order chi connectivity index (χ0) is 13.5. The third kappa shape index (κ3) is 3.92. The van der Waals surface area contributed by atoms with Gasteiger partial charge in [0.2, 0.25) is 0 Å². The van der Waals surface area contributed by atoms with Crippen LogP contribution in [0.5, 0.6) is 0 Å². The fraction of sp³-hybridized carbons (Fsp3) is 0.571. The molecular formula is C14H21N3O2. The summed E-state index contributed by atoms with van der Waals surface area (Å²) in [6.45, 7) is 4.14. The quantitative estimate of drug-likeness (QED) is 0.850. The van der Waals surface area contributed by atoms with Crippen LogP contribution in [0.15, 0.2) is 18.5 Å². The van der Waals surface area contributed by atoms with Crippen LogP contribution in [0.2, 0.25) is 0 Å². The number of amides is 1. The van der Waals surface area contributed by atoms with Crippen molar-refractivity contribution in [3.63, 3.8) is 0 Å². The van der Waals surface area contributed by atoms with Crippen LogP contribution in [0.3, 0.4) is 0 Å². The fourth-order valence-electron chi connectivity index (χ4n) is 2.19. The number of pyridine rings is 1. The molecule has 0 radical (unpaired) electrons. The Labute approximate surface area is 113 Å². The Kier molecular flexibility index (Phi) is 5.15. The first kappa shape index (κ1) is 13.8. The van der Waals surface area contributed by atoms with E-state index in [0.717, 1.165) is 31.7 Å². The van der Waals surface area contributed by atoms with E-state index >= 15 is 0 Å². The van der Waals surface area contributed by atoms with Crippen LogP contribution in [0.4, 0.5) is 5.69 Å². The number of nitrogens with one attached hydrogen (secondary N) is 2. The van der Waals surface area contributed by atoms with Crippen LogP contribution in [-0.2, 0) is 4.74 Å². The third-order valence-electron chi connectivity index (χ3n) is 3.20. The van der Waals surface area contributed by atoms with E-state index in [4.69, 9.17) is 4.74 Å². The topological polar surface area (TPSA) is 63.2 Å². The molecule has 0 bridgehead atoms. The number of anilines is 1. The van der Waals surface area contributed by atoms with Crippen LogP contribution in [-0.4, -0.2) is 36.7 Å². The summed E-state index contributed by atoms with van der Waals surface area (Å²) in [6, 6.07) is 1.82. The lowest BCUT2D eigenvalue weighted by atomic mass is 10.1. The van der Waals surface area contributed by atoms with Crippen molar-refractivity contribution in [3.05, 3.63) is 24.0 Å². The second-order valence-corrected chi connectivity index (χ2v) is 4.65. The van der Waals surface area contributed by atoms with Gasteiger partial charge >= 0.3 is 0 Å². The summed E-state index contributed by atoms with van der Waals surface area (Å²) < 4.78 is 5.60. The van der Waals surface area contributed by atoms with Gasteiger partial charge in [0.05, 0.1) is 17.4 Å². The second-order valence-electron chi connectivity index (χ2n) is 4.65. The molecule has 1 fully saturated rings. The zero-order valence-electron chi connectivity index (χ0n) is 11.3. The summed E-state index contributed by atoms with van der Waals surface area (Å²) in [4.78, 5) is 16.1. The van der Waals surface area contributed by atoms with Gasteiger partial charge in [-0.2, -0.15) is 0 Å². The highest BCUT2D eigenvalue weighted by Crippen LogP contribution is 2.14. The van der Waals surface area contributed by atoms with Gasteiger partial charge < -0.3 is 15.4 Å². The first-order valence-electron chi connectivity index (χ1n) is 6.89. The number of hydrogen-bond acceptors (Lipinski definition) is 4. The summed E-state index contributed by atoms with van der Waals surface area (Å²) >= 11 is 0. The zero-order valence-corrected chi connectivity index (χ0v) is 11.3. The van der Waals surface area contributed by atoms with Gasteiger partial charge in [-0.25, -0.2) is 0 Å². The van der Waals surface area contributed by atoms with E-state index in [0.29, 0.717) is 12.1 Å². The summed E-state index contributed by atoms with van der Waals surface area (Å²) in [5.74, 6) is -0.0989. The lowest BCUT2D eigenvalue weighted by Crippen LogP contribution is -2.35. The van der Waals surface area contributed by atoms with E-state index in [1.807, 2.05) is 13.0 Å². The van der Waals surface area contributed by atoms with E-state index < -0.39 is 0 Å². The molecular weight excluding hydrogens is 242 g/mol. The normalized spacial score (nSPS) is 18.9. The number of ether oxygens (including phenoxy) is 1. The monoisotopic (exact) mass is 263 g/mol. The number of hydrogen-bond donors (Lipinski definition) is 2. The molecule has 0 aromatic carbocycles. The molecule has 0 saturated carbocycles. The molecule has 1 aromatic rings. The lowest BCUT2D eigenvalue weighted by Gasteiger charge is -2.22. The predicted molar refractivity (Wildman–Crippen MR) is 74.3 cm³/mol. The molecule has 2 N–H and O–H groups in total. The number of carbonyl (C=O) groups excluding carboxylic acids is 1. The standard InChI is InChI=1S/C14H21N3O2/c1-2-16-13-6-7-15-10-12(13)14(18)17-9-11-5-3-4-8-19-11/h6-7,10-11H,2-5,8-9H2,1H3,(H,15,16)(H,17,18). The maximum atomic E-state index is 12.1. The van der Waals surface area contributed by atoms with Gasteiger partial charge in [-0.15, -0.1) is 0 Å². The Morgan fingerprint density at radius 3 is 3.16 bits per heavy atom. The van der Waals surface area contributed by atoms with E-state index in [9.17, 15) is 4.79 Å². The Morgan fingerprint density at radius 1 is 1.53 bits per heavy atom. The van der Waals surface area contributed by atoms with E-state index in [2.05, 4.69) is 15.6 Å². The van der Waals surface area contributed by atoms with Crippen LogP contribution < -0.4 is 10.6 Å². The molecule has 0 aliphatic carbocycles. The minimum Gasteiger partial charge on any atom is -0.385 e. The maximum Gasteiger partial charge on any atom is 0.255 e. The molecule has 1 saturated heterocycles. The SMILES string of the molecule is CCNc1ccncc1C(=O)NCC1CCCCO1. The summed E-state index contributed by atoms with van der Waals surface area (Å²) in [6.07, 6.45) is 6.74. The van der Waals surface area contributed by atoms with Gasteiger partial charge in [-0.3, -0.25) is 9.78 Å². The Balaban J connectivity index is 1.91. The highest BCUT2D eigenvalue weighted by Gasteiger charge is 2.16. The average molecular weight is 263 g/mol. The van der Waals surface area contributed by atoms with Crippen molar-refractivity contribution in [1.82, 2.24) is 10.3 Å². The first-order valence-corrected chi connectivity index (χ1v) is 6.89. The highest BCUT2D eigenvalue weighted by atomic mass is 16.5. The van der Waals surface area contributed by atoms with Crippen molar-refractivity contribution < 1.29 is 9.53 Å². The molecule has 19 heavy (non-hydrogen) atoms. The van der Waals surface area contributed by atoms with E-state index in [1.165, 1.54) is 6.42 Å². The number of carbonyl (C=O) groups is 1.